The molecule has 0 rings (SSSR count). The fourth-order valence-electron chi connectivity index (χ4n) is 1.41. The first-order chi connectivity index (χ1) is 6.77. The fraction of sp³-hybridized carbons (Fsp3) is 0.909. The maximum Gasteiger partial charge on any atom is 0.238 e. The van der Waals surface area contributed by atoms with Gasteiger partial charge < -0.3 is 4.79 Å². The predicted octanol–water partition coefficient (Wildman–Crippen LogP) is 3.96. The summed E-state index contributed by atoms with van der Waals surface area (Å²) in [5.41, 5.74) is 0. The first-order valence-electron chi connectivity index (χ1n) is 5.49. The minimum absolute atomic E-state index is 0.0468. The highest BCUT2D eigenvalue weighted by molar-refractivity contribution is 5.48. The molecule has 0 unspecified atom stereocenters. The van der Waals surface area contributed by atoms with Crippen molar-refractivity contribution in [1.82, 2.24) is 0 Å². The van der Waals surface area contributed by atoms with E-state index in [4.69, 9.17) is 0 Å². The van der Waals surface area contributed by atoms with E-state index >= 15 is 0 Å². The number of alkyl halides is 2. The van der Waals surface area contributed by atoms with E-state index in [0.29, 0.717) is 12.8 Å². The molecule has 1 nitrogen and oxygen atoms in total. The first kappa shape index (κ1) is 13.5. The molecule has 14 heavy (non-hydrogen) atoms. The Labute approximate surface area is 84.9 Å². The van der Waals surface area contributed by atoms with Crippen molar-refractivity contribution in [3.8, 4) is 0 Å². The van der Waals surface area contributed by atoms with Crippen molar-refractivity contribution in [3.05, 3.63) is 0 Å². The van der Waals surface area contributed by atoms with E-state index in [0.717, 1.165) is 44.8 Å². The molecule has 0 spiro atoms. The molecule has 0 atom stereocenters. The van der Waals surface area contributed by atoms with E-state index in [9.17, 15) is 13.6 Å². The van der Waals surface area contributed by atoms with Crippen LogP contribution in [0.25, 0.3) is 0 Å². The van der Waals surface area contributed by atoms with Crippen LogP contribution >= 0.6 is 0 Å². The molecular weight excluding hydrogens is 186 g/mol. The monoisotopic (exact) mass is 206 g/mol. The summed E-state index contributed by atoms with van der Waals surface area (Å²) in [6, 6.07) is 0. The van der Waals surface area contributed by atoms with Gasteiger partial charge in [-0.1, -0.05) is 32.1 Å². The quantitative estimate of drug-likeness (QED) is 0.390. The zero-order valence-corrected chi connectivity index (χ0v) is 8.68. The maximum atomic E-state index is 11.7. The van der Waals surface area contributed by atoms with Crippen LogP contribution in [-0.2, 0) is 4.79 Å². The molecule has 0 aromatic rings. The molecule has 0 amide bonds. The molecule has 0 fully saturated rings. The van der Waals surface area contributed by atoms with Crippen molar-refractivity contribution in [2.45, 2.75) is 64.2 Å². The zero-order chi connectivity index (χ0) is 10.6. The standard InChI is InChI=1S/C11H20F2O/c12-11(13)9-7-5-3-1-2-4-6-8-10-14/h10-11H,1-9H2. The lowest BCUT2D eigenvalue weighted by Crippen LogP contribution is -1.89. The van der Waals surface area contributed by atoms with Gasteiger partial charge in [0, 0.05) is 12.8 Å². The van der Waals surface area contributed by atoms with E-state index < -0.39 is 6.43 Å². The normalized spacial score (nSPS) is 10.8. The summed E-state index contributed by atoms with van der Waals surface area (Å²) < 4.78 is 23.4. The average Bonchev–Trinajstić information content (AvgIpc) is 2.15. The minimum atomic E-state index is -2.14. The third kappa shape index (κ3) is 11.5. The summed E-state index contributed by atoms with van der Waals surface area (Å²) >= 11 is 0. The zero-order valence-electron chi connectivity index (χ0n) is 8.68. The Morgan fingerprint density at radius 2 is 1.36 bits per heavy atom. The highest BCUT2D eigenvalue weighted by Crippen LogP contribution is 2.11. The Bertz CT molecular complexity index is 126. The molecule has 0 aliphatic rings. The molecule has 3 heteroatoms. The van der Waals surface area contributed by atoms with Crippen LogP contribution in [0, 0.1) is 0 Å². The lowest BCUT2D eigenvalue weighted by molar-refractivity contribution is -0.107. The van der Waals surface area contributed by atoms with E-state index in [1.165, 1.54) is 0 Å². The number of aldehydes is 1. The Balaban J connectivity index is 2.88. The highest BCUT2D eigenvalue weighted by Gasteiger charge is 2.00. The van der Waals surface area contributed by atoms with Gasteiger partial charge in [0.2, 0.25) is 6.43 Å². The fourth-order valence-corrected chi connectivity index (χ4v) is 1.41. The number of carbonyl (C=O) groups excluding carboxylic acids is 1. The van der Waals surface area contributed by atoms with Gasteiger partial charge in [0.25, 0.3) is 0 Å². The summed E-state index contributed by atoms with van der Waals surface area (Å²) in [5, 5.41) is 0. The van der Waals surface area contributed by atoms with Gasteiger partial charge in [0.15, 0.2) is 0 Å². The second-order valence-corrected chi connectivity index (χ2v) is 3.61. The Morgan fingerprint density at radius 3 is 1.86 bits per heavy atom. The molecule has 0 heterocycles. The van der Waals surface area contributed by atoms with Crippen LogP contribution in [0.1, 0.15) is 57.8 Å². The van der Waals surface area contributed by atoms with Gasteiger partial charge in [0.1, 0.15) is 6.29 Å². The lowest BCUT2D eigenvalue weighted by atomic mass is 10.1. The SMILES string of the molecule is O=CCCCCCCCCCC(F)F. The summed E-state index contributed by atoms with van der Waals surface area (Å²) in [4.78, 5) is 9.97. The smallest absolute Gasteiger partial charge is 0.238 e. The van der Waals surface area contributed by atoms with Crippen LogP contribution in [0.3, 0.4) is 0 Å². The molecule has 0 saturated carbocycles. The van der Waals surface area contributed by atoms with E-state index in [1.807, 2.05) is 0 Å². The van der Waals surface area contributed by atoms with Gasteiger partial charge in [0.05, 0.1) is 0 Å². The van der Waals surface area contributed by atoms with Crippen molar-refractivity contribution in [3.63, 3.8) is 0 Å². The van der Waals surface area contributed by atoms with Gasteiger partial charge >= 0.3 is 0 Å². The lowest BCUT2D eigenvalue weighted by Gasteiger charge is -2.00. The number of hydrogen-bond donors (Lipinski definition) is 0. The molecule has 0 aliphatic heterocycles. The minimum Gasteiger partial charge on any atom is -0.303 e. The van der Waals surface area contributed by atoms with Crippen LogP contribution in [0.15, 0.2) is 0 Å². The average molecular weight is 206 g/mol. The second kappa shape index (κ2) is 10.6. The summed E-state index contributed by atoms with van der Waals surface area (Å²) in [7, 11) is 0. The van der Waals surface area contributed by atoms with Gasteiger partial charge in [-0.25, -0.2) is 8.78 Å². The largest absolute Gasteiger partial charge is 0.303 e. The number of hydrogen-bond acceptors (Lipinski definition) is 1. The summed E-state index contributed by atoms with van der Waals surface area (Å²) in [5.74, 6) is 0. The number of unbranched alkanes of at least 4 members (excludes halogenated alkanes) is 7. The molecule has 0 radical (unpaired) electrons. The van der Waals surface area contributed by atoms with Crippen LogP contribution in [0.4, 0.5) is 8.78 Å². The van der Waals surface area contributed by atoms with Crippen molar-refractivity contribution >= 4 is 6.29 Å². The van der Waals surface area contributed by atoms with Crippen molar-refractivity contribution in [1.29, 1.82) is 0 Å². The first-order valence-corrected chi connectivity index (χ1v) is 5.49. The molecule has 0 aromatic heterocycles. The van der Waals surface area contributed by atoms with E-state index in [2.05, 4.69) is 0 Å². The molecule has 0 saturated heterocycles. The van der Waals surface area contributed by atoms with Gasteiger partial charge in [-0.05, 0) is 12.8 Å². The van der Waals surface area contributed by atoms with Crippen molar-refractivity contribution in [2.24, 2.45) is 0 Å². The maximum absolute atomic E-state index is 11.7. The molecular formula is C11H20F2O. The van der Waals surface area contributed by atoms with Crippen molar-refractivity contribution < 1.29 is 13.6 Å². The number of carbonyl (C=O) groups is 1. The third-order valence-electron chi connectivity index (χ3n) is 2.24. The Hall–Kier alpha value is -0.470. The Morgan fingerprint density at radius 1 is 0.857 bits per heavy atom. The number of halogens is 2. The van der Waals surface area contributed by atoms with E-state index in [-0.39, 0.29) is 6.42 Å². The molecule has 0 aliphatic carbocycles. The van der Waals surface area contributed by atoms with Crippen LogP contribution in [0.5, 0.6) is 0 Å². The van der Waals surface area contributed by atoms with Gasteiger partial charge in [-0.15, -0.1) is 0 Å². The number of rotatable bonds is 10. The van der Waals surface area contributed by atoms with Gasteiger partial charge in [-0.2, -0.15) is 0 Å². The van der Waals surface area contributed by atoms with Crippen LogP contribution in [0.2, 0.25) is 0 Å². The molecule has 0 aromatic carbocycles. The topological polar surface area (TPSA) is 17.1 Å². The van der Waals surface area contributed by atoms with Crippen LogP contribution < -0.4 is 0 Å². The molecule has 0 N–H and O–H groups in total. The second-order valence-electron chi connectivity index (χ2n) is 3.61. The van der Waals surface area contributed by atoms with Gasteiger partial charge in [-0.3, -0.25) is 0 Å². The molecule has 0 bridgehead atoms. The highest BCUT2D eigenvalue weighted by atomic mass is 19.3. The predicted molar refractivity (Wildman–Crippen MR) is 53.6 cm³/mol. The Kier molecular flexibility index (Phi) is 10.3. The van der Waals surface area contributed by atoms with Crippen molar-refractivity contribution in [2.75, 3.05) is 0 Å². The van der Waals surface area contributed by atoms with E-state index in [1.54, 1.807) is 0 Å². The third-order valence-corrected chi connectivity index (χ3v) is 2.24. The summed E-state index contributed by atoms with van der Waals surface area (Å²) in [6.45, 7) is 0. The van der Waals surface area contributed by atoms with Crippen LogP contribution in [-0.4, -0.2) is 12.7 Å². The summed E-state index contributed by atoms with van der Waals surface area (Å²) in [6.07, 6.45) is 6.43. The molecule has 84 valence electrons.